The van der Waals surface area contributed by atoms with Crippen molar-refractivity contribution in [1.82, 2.24) is 9.97 Å². The number of benzene rings is 1. The molecule has 17 heavy (non-hydrogen) atoms. The van der Waals surface area contributed by atoms with Crippen LogP contribution in [0.25, 0.3) is 11.4 Å². The van der Waals surface area contributed by atoms with Crippen LogP contribution < -0.4 is 5.73 Å². The van der Waals surface area contributed by atoms with Crippen LogP contribution in [0.15, 0.2) is 30.5 Å². The van der Waals surface area contributed by atoms with Crippen molar-refractivity contribution >= 4 is 0 Å². The molecule has 0 spiro atoms. The van der Waals surface area contributed by atoms with Gasteiger partial charge in [0.1, 0.15) is 5.82 Å². The zero-order valence-corrected chi connectivity index (χ0v) is 9.23. The van der Waals surface area contributed by atoms with Crippen LogP contribution in [-0.4, -0.2) is 9.97 Å². The molecule has 0 radical (unpaired) electrons. The fraction of sp³-hybridized carbons (Fsp3) is 0.231. The second-order valence-electron chi connectivity index (χ2n) is 4.26. The number of aromatic nitrogens is 2. The summed E-state index contributed by atoms with van der Waals surface area (Å²) in [6.07, 6.45) is 3.70. The molecule has 86 valence electrons. The van der Waals surface area contributed by atoms with E-state index in [-0.39, 0.29) is 11.9 Å². The lowest BCUT2D eigenvalue weighted by molar-refractivity contribution is 0.628. The van der Waals surface area contributed by atoms with Crippen molar-refractivity contribution < 1.29 is 4.39 Å². The molecule has 0 fully saturated rings. The highest BCUT2D eigenvalue weighted by Gasteiger charge is 2.21. The van der Waals surface area contributed by atoms with Gasteiger partial charge in [0.15, 0.2) is 5.82 Å². The van der Waals surface area contributed by atoms with Crippen molar-refractivity contribution in [1.29, 1.82) is 0 Å². The van der Waals surface area contributed by atoms with Gasteiger partial charge in [0.05, 0.1) is 5.69 Å². The molecular weight excluding hydrogens is 217 g/mol. The van der Waals surface area contributed by atoms with Gasteiger partial charge in [-0.3, -0.25) is 0 Å². The molecule has 3 rings (SSSR count). The standard InChI is InChI=1S/C13H12FN3/c14-10-4-1-8(2-5-10)13-16-7-9-3-6-11(15)12(9)17-13/h1-2,4-5,7,11H,3,6,15H2. The third-order valence-corrected chi connectivity index (χ3v) is 3.08. The number of rotatable bonds is 1. The molecule has 1 atom stereocenters. The van der Waals surface area contributed by atoms with E-state index >= 15 is 0 Å². The number of halogens is 1. The molecule has 2 N–H and O–H groups in total. The largest absolute Gasteiger partial charge is 0.323 e. The molecular formula is C13H12FN3. The molecule has 0 aliphatic heterocycles. The van der Waals surface area contributed by atoms with Crippen molar-refractivity contribution in [3.05, 3.63) is 47.5 Å². The van der Waals surface area contributed by atoms with E-state index in [0.29, 0.717) is 5.82 Å². The molecule has 1 aromatic carbocycles. The van der Waals surface area contributed by atoms with E-state index in [1.165, 1.54) is 12.1 Å². The van der Waals surface area contributed by atoms with E-state index in [1.54, 1.807) is 12.1 Å². The van der Waals surface area contributed by atoms with Crippen LogP contribution in [0.1, 0.15) is 23.7 Å². The molecule has 3 nitrogen and oxygen atoms in total. The molecule has 1 aliphatic rings. The summed E-state index contributed by atoms with van der Waals surface area (Å²) in [6.45, 7) is 0. The van der Waals surface area contributed by atoms with Gasteiger partial charge in [0, 0.05) is 17.8 Å². The Labute approximate surface area is 98.5 Å². The van der Waals surface area contributed by atoms with Gasteiger partial charge in [-0.1, -0.05) is 0 Å². The lowest BCUT2D eigenvalue weighted by Gasteiger charge is -2.06. The molecule has 0 bridgehead atoms. The Kier molecular flexibility index (Phi) is 2.37. The molecule has 1 aliphatic carbocycles. The molecule has 1 heterocycles. The highest BCUT2D eigenvalue weighted by Crippen LogP contribution is 2.28. The van der Waals surface area contributed by atoms with Crippen LogP contribution in [0.3, 0.4) is 0 Å². The smallest absolute Gasteiger partial charge is 0.159 e. The summed E-state index contributed by atoms with van der Waals surface area (Å²) in [6, 6.07) is 6.18. The summed E-state index contributed by atoms with van der Waals surface area (Å²) >= 11 is 0. The number of hydrogen-bond acceptors (Lipinski definition) is 3. The molecule has 4 heteroatoms. The monoisotopic (exact) mass is 229 g/mol. The average molecular weight is 229 g/mol. The zero-order valence-electron chi connectivity index (χ0n) is 9.23. The van der Waals surface area contributed by atoms with E-state index < -0.39 is 0 Å². The van der Waals surface area contributed by atoms with Crippen LogP contribution in [-0.2, 0) is 6.42 Å². The van der Waals surface area contributed by atoms with Gasteiger partial charge in [-0.05, 0) is 42.7 Å². The van der Waals surface area contributed by atoms with Crippen LogP contribution in [0, 0.1) is 5.82 Å². The summed E-state index contributed by atoms with van der Waals surface area (Å²) in [5.74, 6) is 0.354. The molecule has 1 unspecified atom stereocenters. The first kappa shape index (κ1) is 10.4. The van der Waals surface area contributed by atoms with Gasteiger partial charge in [-0.2, -0.15) is 0 Å². The predicted molar refractivity (Wildman–Crippen MR) is 62.7 cm³/mol. The maximum Gasteiger partial charge on any atom is 0.159 e. The van der Waals surface area contributed by atoms with Crippen molar-refractivity contribution in [3.8, 4) is 11.4 Å². The molecule has 2 aromatic rings. The topological polar surface area (TPSA) is 51.8 Å². The van der Waals surface area contributed by atoms with E-state index in [9.17, 15) is 4.39 Å². The first-order valence-electron chi connectivity index (χ1n) is 5.61. The molecule has 0 saturated heterocycles. The first-order chi connectivity index (χ1) is 8.24. The minimum absolute atomic E-state index is 0.00667. The number of nitrogens with zero attached hydrogens (tertiary/aromatic N) is 2. The maximum atomic E-state index is 12.8. The molecule has 1 aromatic heterocycles. The second kappa shape index (κ2) is 3.89. The third-order valence-electron chi connectivity index (χ3n) is 3.08. The third kappa shape index (κ3) is 1.80. The summed E-state index contributed by atoms with van der Waals surface area (Å²) in [7, 11) is 0. The Morgan fingerprint density at radius 2 is 2.00 bits per heavy atom. The Balaban J connectivity index is 2.05. The predicted octanol–water partition coefficient (Wildman–Crippen LogP) is 2.23. The Hall–Kier alpha value is -1.81. The van der Waals surface area contributed by atoms with Gasteiger partial charge >= 0.3 is 0 Å². The fourth-order valence-corrected chi connectivity index (χ4v) is 2.12. The van der Waals surface area contributed by atoms with Gasteiger partial charge in [0.2, 0.25) is 0 Å². The normalized spacial score (nSPS) is 18.1. The van der Waals surface area contributed by atoms with Gasteiger partial charge in [0.25, 0.3) is 0 Å². The minimum atomic E-state index is -0.258. The first-order valence-corrected chi connectivity index (χ1v) is 5.61. The molecule has 0 amide bonds. The molecule has 0 saturated carbocycles. The van der Waals surface area contributed by atoms with Crippen LogP contribution in [0.5, 0.6) is 0 Å². The minimum Gasteiger partial charge on any atom is -0.323 e. The van der Waals surface area contributed by atoms with Crippen molar-refractivity contribution in [2.75, 3.05) is 0 Å². The van der Waals surface area contributed by atoms with Crippen molar-refractivity contribution in [2.45, 2.75) is 18.9 Å². The van der Waals surface area contributed by atoms with E-state index in [4.69, 9.17) is 5.73 Å². The van der Waals surface area contributed by atoms with E-state index in [1.807, 2.05) is 6.20 Å². The summed E-state index contributed by atoms with van der Waals surface area (Å²) in [5, 5.41) is 0. The van der Waals surface area contributed by atoms with Crippen molar-refractivity contribution in [2.24, 2.45) is 5.73 Å². The summed E-state index contributed by atoms with van der Waals surface area (Å²) in [5.41, 5.74) is 8.84. The van der Waals surface area contributed by atoms with E-state index in [2.05, 4.69) is 9.97 Å². The number of aryl methyl sites for hydroxylation is 1. The fourth-order valence-electron chi connectivity index (χ4n) is 2.12. The highest BCUT2D eigenvalue weighted by atomic mass is 19.1. The quantitative estimate of drug-likeness (QED) is 0.815. The Morgan fingerprint density at radius 3 is 2.76 bits per heavy atom. The average Bonchev–Trinajstić information content (AvgIpc) is 2.72. The van der Waals surface area contributed by atoms with Crippen LogP contribution in [0.2, 0.25) is 0 Å². The van der Waals surface area contributed by atoms with Gasteiger partial charge in [-0.15, -0.1) is 0 Å². The lowest BCUT2D eigenvalue weighted by atomic mass is 10.2. The maximum absolute atomic E-state index is 12.8. The number of nitrogens with two attached hydrogens (primary N) is 1. The van der Waals surface area contributed by atoms with Gasteiger partial charge in [-0.25, -0.2) is 14.4 Å². The van der Waals surface area contributed by atoms with Gasteiger partial charge < -0.3 is 5.73 Å². The highest BCUT2D eigenvalue weighted by molar-refractivity contribution is 5.55. The number of hydrogen-bond donors (Lipinski definition) is 1. The Bertz CT molecular complexity index is 551. The van der Waals surface area contributed by atoms with Crippen LogP contribution in [0.4, 0.5) is 4.39 Å². The van der Waals surface area contributed by atoms with Crippen LogP contribution >= 0.6 is 0 Å². The lowest BCUT2D eigenvalue weighted by Crippen LogP contribution is -2.08. The van der Waals surface area contributed by atoms with Crippen molar-refractivity contribution in [3.63, 3.8) is 0 Å². The second-order valence-corrected chi connectivity index (χ2v) is 4.26. The zero-order chi connectivity index (χ0) is 11.8. The SMILES string of the molecule is NC1CCc2cnc(-c3ccc(F)cc3)nc21. The summed E-state index contributed by atoms with van der Waals surface area (Å²) in [4.78, 5) is 8.77. The summed E-state index contributed by atoms with van der Waals surface area (Å²) < 4.78 is 12.8. The van der Waals surface area contributed by atoms with E-state index in [0.717, 1.165) is 29.7 Å². The Morgan fingerprint density at radius 1 is 1.24 bits per heavy atom. The number of fused-ring (bicyclic) bond motifs is 1.